The lowest BCUT2D eigenvalue weighted by Gasteiger charge is -2.24. The van der Waals surface area contributed by atoms with Gasteiger partial charge in [-0.3, -0.25) is 4.79 Å². The lowest BCUT2D eigenvalue weighted by atomic mass is 10.1. The number of nitrogens with zero attached hydrogens (tertiary/aromatic N) is 2. The first kappa shape index (κ1) is 18.1. The van der Waals surface area contributed by atoms with E-state index in [4.69, 9.17) is 23.2 Å². The number of rotatable bonds is 5. The molecular formula is C20H22Cl2N2O. The Kier molecular flexibility index (Phi) is 5.87. The van der Waals surface area contributed by atoms with Crippen LogP contribution in [0.4, 0.5) is 5.69 Å². The van der Waals surface area contributed by atoms with E-state index in [0.717, 1.165) is 13.1 Å². The van der Waals surface area contributed by atoms with E-state index < -0.39 is 0 Å². The first-order valence-electron chi connectivity index (χ1n) is 8.56. The Morgan fingerprint density at radius 1 is 1.04 bits per heavy atom. The Bertz CT molecular complexity index is 737. The predicted molar refractivity (Wildman–Crippen MR) is 105 cm³/mol. The maximum atomic E-state index is 12.6. The number of likely N-dealkylation sites (N-methyl/N-ethyl adjacent to an activating group) is 1. The van der Waals surface area contributed by atoms with Crippen molar-refractivity contribution in [2.75, 3.05) is 25.0 Å². The van der Waals surface area contributed by atoms with Gasteiger partial charge in [0, 0.05) is 42.4 Å². The quantitative estimate of drug-likeness (QED) is 0.748. The van der Waals surface area contributed by atoms with Crippen molar-refractivity contribution in [3.8, 4) is 0 Å². The summed E-state index contributed by atoms with van der Waals surface area (Å²) >= 11 is 12.4. The molecule has 0 N–H and O–H groups in total. The largest absolute Gasteiger partial charge is 0.371 e. The molecule has 1 aliphatic rings. The fraction of sp³-hybridized carbons (Fsp3) is 0.350. The molecule has 1 fully saturated rings. The molecule has 1 heterocycles. The molecule has 5 heteroatoms. The number of hydrogen-bond donors (Lipinski definition) is 0. The average molecular weight is 377 g/mol. The van der Waals surface area contributed by atoms with E-state index in [1.165, 1.54) is 24.1 Å². The number of para-hydroxylation sites is 1. The van der Waals surface area contributed by atoms with Crippen LogP contribution < -0.4 is 4.90 Å². The molecule has 1 aliphatic heterocycles. The van der Waals surface area contributed by atoms with E-state index in [1.54, 1.807) is 23.1 Å². The number of hydrogen-bond acceptors (Lipinski definition) is 2. The third-order valence-corrected chi connectivity index (χ3v) is 5.37. The van der Waals surface area contributed by atoms with Crippen LogP contribution in [0.1, 0.15) is 24.0 Å². The van der Waals surface area contributed by atoms with Crippen molar-refractivity contribution in [1.82, 2.24) is 4.90 Å². The molecule has 2 aromatic rings. The number of carbonyl (C=O) groups excluding carboxylic acids is 1. The zero-order valence-corrected chi connectivity index (χ0v) is 15.9. The molecule has 0 spiro atoms. The summed E-state index contributed by atoms with van der Waals surface area (Å²) in [5, 5.41) is 1.07. The summed E-state index contributed by atoms with van der Waals surface area (Å²) in [7, 11) is 1.83. The van der Waals surface area contributed by atoms with Crippen LogP contribution in [-0.2, 0) is 17.8 Å². The van der Waals surface area contributed by atoms with E-state index in [9.17, 15) is 4.79 Å². The van der Waals surface area contributed by atoms with Gasteiger partial charge in [0.15, 0.2) is 0 Å². The van der Waals surface area contributed by atoms with Gasteiger partial charge in [0.25, 0.3) is 0 Å². The maximum absolute atomic E-state index is 12.6. The fourth-order valence-electron chi connectivity index (χ4n) is 3.24. The van der Waals surface area contributed by atoms with E-state index in [-0.39, 0.29) is 12.3 Å². The van der Waals surface area contributed by atoms with Crippen LogP contribution in [0, 0.1) is 0 Å². The molecule has 2 aromatic carbocycles. The van der Waals surface area contributed by atoms with Crippen molar-refractivity contribution in [2.45, 2.75) is 25.8 Å². The molecule has 1 amide bonds. The zero-order valence-electron chi connectivity index (χ0n) is 14.3. The van der Waals surface area contributed by atoms with Gasteiger partial charge in [0.2, 0.25) is 5.91 Å². The molecule has 0 atom stereocenters. The van der Waals surface area contributed by atoms with Gasteiger partial charge in [-0.05, 0) is 42.2 Å². The first-order chi connectivity index (χ1) is 12.1. The molecule has 0 unspecified atom stereocenters. The first-order valence-corrected chi connectivity index (χ1v) is 9.31. The predicted octanol–water partition coefficient (Wildman–Crippen LogP) is 4.79. The summed E-state index contributed by atoms with van der Waals surface area (Å²) in [6, 6.07) is 13.6. The lowest BCUT2D eigenvalue weighted by Crippen LogP contribution is -2.29. The molecule has 0 bridgehead atoms. The summed E-state index contributed by atoms with van der Waals surface area (Å²) in [6.45, 7) is 2.75. The monoisotopic (exact) mass is 376 g/mol. The second kappa shape index (κ2) is 8.11. The fourth-order valence-corrected chi connectivity index (χ4v) is 3.77. The average Bonchev–Trinajstić information content (AvgIpc) is 3.13. The van der Waals surface area contributed by atoms with Crippen LogP contribution >= 0.6 is 23.2 Å². The molecule has 0 saturated carbocycles. The highest BCUT2D eigenvalue weighted by molar-refractivity contribution is 6.36. The minimum atomic E-state index is 0.00576. The second-order valence-corrected chi connectivity index (χ2v) is 7.26. The topological polar surface area (TPSA) is 23.6 Å². The summed E-state index contributed by atoms with van der Waals surface area (Å²) in [6.07, 6.45) is 2.67. The second-order valence-electron chi connectivity index (χ2n) is 6.45. The number of carbonyl (C=O) groups is 1. The molecule has 3 rings (SSSR count). The number of amides is 1. The normalized spacial score (nSPS) is 14.0. The van der Waals surface area contributed by atoms with Crippen LogP contribution in [0.15, 0.2) is 42.5 Å². The summed E-state index contributed by atoms with van der Waals surface area (Å²) in [4.78, 5) is 16.8. The van der Waals surface area contributed by atoms with Crippen LogP contribution in [0.5, 0.6) is 0 Å². The molecular weight excluding hydrogens is 355 g/mol. The van der Waals surface area contributed by atoms with Crippen LogP contribution in [0.3, 0.4) is 0 Å². The molecule has 0 aromatic heterocycles. The third-order valence-electron chi connectivity index (χ3n) is 4.66. The van der Waals surface area contributed by atoms with E-state index in [0.29, 0.717) is 22.2 Å². The number of anilines is 1. The smallest absolute Gasteiger partial charge is 0.227 e. The van der Waals surface area contributed by atoms with E-state index in [2.05, 4.69) is 23.1 Å². The molecule has 1 saturated heterocycles. The highest BCUT2D eigenvalue weighted by Gasteiger charge is 2.19. The maximum Gasteiger partial charge on any atom is 0.227 e. The summed E-state index contributed by atoms with van der Waals surface area (Å²) in [5.74, 6) is 0.00576. The Morgan fingerprint density at radius 3 is 2.36 bits per heavy atom. The minimum Gasteiger partial charge on any atom is -0.371 e. The Hall–Kier alpha value is -1.71. The SMILES string of the molecule is CN(Cc1ccccc1N1CCCC1)C(=O)Cc1c(Cl)cccc1Cl. The molecule has 0 radical (unpaired) electrons. The van der Waals surface area contributed by atoms with Crippen LogP contribution in [-0.4, -0.2) is 30.9 Å². The highest BCUT2D eigenvalue weighted by atomic mass is 35.5. The van der Waals surface area contributed by atoms with Gasteiger partial charge in [0.1, 0.15) is 0 Å². The van der Waals surface area contributed by atoms with Crippen molar-refractivity contribution in [2.24, 2.45) is 0 Å². The van der Waals surface area contributed by atoms with E-state index >= 15 is 0 Å². The Balaban J connectivity index is 1.72. The van der Waals surface area contributed by atoms with Gasteiger partial charge in [-0.25, -0.2) is 0 Å². The molecule has 25 heavy (non-hydrogen) atoms. The van der Waals surface area contributed by atoms with Crippen LogP contribution in [0.25, 0.3) is 0 Å². The molecule has 0 aliphatic carbocycles. The number of halogens is 2. The van der Waals surface area contributed by atoms with Crippen molar-refractivity contribution < 1.29 is 4.79 Å². The molecule has 3 nitrogen and oxygen atoms in total. The highest BCUT2D eigenvalue weighted by Crippen LogP contribution is 2.27. The van der Waals surface area contributed by atoms with Gasteiger partial charge < -0.3 is 9.80 Å². The van der Waals surface area contributed by atoms with Gasteiger partial charge in [-0.1, -0.05) is 47.5 Å². The van der Waals surface area contributed by atoms with Gasteiger partial charge in [-0.2, -0.15) is 0 Å². The Labute approximate surface area is 159 Å². The van der Waals surface area contributed by atoms with Crippen molar-refractivity contribution in [3.63, 3.8) is 0 Å². The summed E-state index contributed by atoms with van der Waals surface area (Å²) < 4.78 is 0. The minimum absolute atomic E-state index is 0.00576. The Morgan fingerprint density at radius 2 is 1.68 bits per heavy atom. The van der Waals surface area contributed by atoms with Crippen molar-refractivity contribution in [3.05, 3.63) is 63.6 Å². The van der Waals surface area contributed by atoms with Crippen molar-refractivity contribution >= 4 is 34.8 Å². The lowest BCUT2D eigenvalue weighted by molar-refractivity contribution is -0.129. The summed E-state index contributed by atoms with van der Waals surface area (Å²) in [5.41, 5.74) is 3.09. The van der Waals surface area contributed by atoms with Gasteiger partial charge in [-0.15, -0.1) is 0 Å². The standard InChI is InChI=1S/C20H22Cl2N2O/c1-23(20(25)13-16-17(21)8-6-9-18(16)22)14-15-7-2-3-10-19(15)24-11-4-5-12-24/h2-3,6-10H,4-5,11-14H2,1H3. The van der Waals surface area contributed by atoms with Crippen LogP contribution in [0.2, 0.25) is 10.0 Å². The number of benzene rings is 2. The van der Waals surface area contributed by atoms with Crippen molar-refractivity contribution in [1.29, 1.82) is 0 Å². The van der Waals surface area contributed by atoms with Gasteiger partial charge in [0.05, 0.1) is 6.42 Å². The zero-order chi connectivity index (χ0) is 17.8. The molecule has 132 valence electrons. The van der Waals surface area contributed by atoms with Gasteiger partial charge >= 0.3 is 0 Å². The third kappa shape index (κ3) is 4.28. The van der Waals surface area contributed by atoms with E-state index in [1.807, 2.05) is 13.1 Å².